The Bertz CT molecular complexity index is 971. The number of imidazole rings is 1. The second-order valence-electron chi connectivity index (χ2n) is 10.3. The number of unbranched alkanes of at least 4 members (excludes halogenated alkanes) is 6. The van der Waals surface area contributed by atoms with E-state index in [1.165, 1.54) is 6.34 Å². The van der Waals surface area contributed by atoms with Gasteiger partial charge in [0.15, 0.2) is 12.0 Å². The maximum atomic E-state index is 11.6. The molecule has 1 aromatic heterocycles. The molecule has 2 aliphatic heterocycles. The van der Waals surface area contributed by atoms with Gasteiger partial charge in [-0.1, -0.05) is 59.3 Å². The molecule has 1 N–H and O–H groups in total. The van der Waals surface area contributed by atoms with E-state index in [0.717, 1.165) is 64.0 Å². The van der Waals surface area contributed by atoms with E-state index in [9.17, 15) is 8.42 Å². The van der Waals surface area contributed by atoms with Gasteiger partial charge in [0.05, 0.1) is 38.2 Å². The molecular weight excluding hydrogens is 524 g/mol. The Hall–Kier alpha value is -1.57. The Morgan fingerprint density at radius 3 is 2.21 bits per heavy atom. The van der Waals surface area contributed by atoms with Crippen molar-refractivity contribution in [1.82, 2.24) is 14.9 Å². The van der Waals surface area contributed by atoms with Crippen LogP contribution in [0.1, 0.15) is 96.5 Å². The number of rotatable bonds is 20. The van der Waals surface area contributed by atoms with E-state index in [-0.39, 0.29) is 24.9 Å². The van der Waals surface area contributed by atoms with Crippen LogP contribution in [0.25, 0.3) is 0 Å². The lowest BCUT2D eigenvalue weighted by molar-refractivity contribution is -0.0809. The SMILES string of the molecule is CCCCCOC[C@H]1O[C@@H](n2cnc3c2N=CNC3COS(C)(=O)=O)[C@H](OCCCCC)[C@@H]1OCCCCC. The number of ether oxygens (including phenoxy) is 4. The third-order valence-corrected chi connectivity index (χ3v) is 7.45. The van der Waals surface area contributed by atoms with Crippen LogP contribution in [0.4, 0.5) is 5.82 Å². The van der Waals surface area contributed by atoms with Crippen LogP contribution in [0.15, 0.2) is 11.3 Å². The molecule has 39 heavy (non-hydrogen) atoms. The predicted octanol–water partition coefficient (Wildman–Crippen LogP) is 4.42. The van der Waals surface area contributed by atoms with Gasteiger partial charge in [0.25, 0.3) is 10.1 Å². The van der Waals surface area contributed by atoms with Crippen molar-refractivity contribution in [3.8, 4) is 0 Å². The van der Waals surface area contributed by atoms with E-state index in [1.807, 2.05) is 4.57 Å². The molecule has 0 saturated carbocycles. The first-order valence-corrected chi connectivity index (χ1v) is 16.4. The molecule has 0 amide bonds. The molecule has 0 radical (unpaired) electrons. The highest BCUT2D eigenvalue weighted by Crippen LogP contribution is 2.39. The summed E-state index contributed by atoms with van der Waals surface area (Å²) in [5.74, 6) is 0.581. The zero-order valence-electron chi connectivity index (χ0n) is 24.0. The average molecular weight is 573 g/mol. The van der Waals surface area contributed by atoms with E-state index < -0.39 is 22.4 Å². The first-order chi connectivity index (χ1) is 18.9. The van der Waals surface area contributed by atoms with Gasteiger partial charge in [-0.25, -0.2) is 9.98 Å². The molecular formula is C27H48N4O7S. The summed E-state index contributed by atoms with van der Waals surface area (Å²) in [6, 6.07) is -0.461. The van der Waals surface area contributed by atoms with Crippen LogP contribution in [-0.2, 0) is 33.2 Å². The second kappa shape index (κ2) is 16.6. The number of nitrogens with zero attached hydrogens (tertiary/aromatic N) is 3. The molecule has 0 spiro atoms. The summed E-state index contributed by atoms with van der Waals surface area (Å²) < 4.78 is 55.6. The first kappa shape index (κ1) is 32.0. The Kier molecular flexibility index (Phi) is 13.6. The Balaban J connectivity index is 1.82. The fourth-order valence-electron chi connectivity index (χ4n) is 4.76. The second-order valence-corrected chi connectivity index (χ2v) is 11.9. The molecule has 224 valence electrons. The van der Waals surface area contributed by atoms with Crippen LogP contribution in [0.5, 0.6) is 0 Å². The van der Waals surface area contributed by atoms with Crippen molar-refractivity contribution >= 4 is 22.3 Å². The number of aromatic nitrogens is 2. The molecule has 3 heterocycles. The standard InChI is InChI=1S/C27H48N4O7S/c1-5-8-11-14-34-18-22-24(35-15-12-9-6-2)25(36-16-13-10-7-3)27(38-22)31-20-30-23-21(17-37-39(4,32)33)28-19-29-26(23)31/h19-22,24-25,27H,5-18H2,1-4H3,(H,28,29)/t21?,22-,24-,25-,27-/m1/s1. The highest BCUT2D eigenvalue weighted by Gasteiger charge is 2.48. The summed E-state index contributed by atoms with van der Waals surface area (Å²) in [6.45, 7) is 8.76. The van der Waals surface area contributed by atoms with E-state index in [1.54, 1.807) is 6.33 Å². The summed E-state index contributed by atoms with van der Waals surface area (Å²) in [7, 11) is -3.60. The zero-order chi connectivity index (χ0) is 28.1. The lowest BCUT2D eigenvalue weighted by Gasteiger charge is -2.26. The lowest BCUT2D eigenvalue weighted by atomic mass is 10.1. The smallest absolute Gasteiger partial charge is 0.264 e. The monoisotopic (exact) mass is 572 g/mol. The summed E-state index contributed by atoms with van der Waals surface area (Å²) in [5.41, 5.74) is 0.592. The number of fused-ring (bicyclic) bond motifs is 1. The summed E-state index contributed by atoms with van der Waals surface area (Å²) >= 11 is 0. The Morgan fingerprint density at radius 1 is 0.923 bits per heavy atom. The van der Waals surface area contributed by atoms with Gasteiger partial charge in [0, 0.05) is 19.8 Å². The van der Waals surface area contributed by atoms with Crippen LogP contribution in [0.2, 0.25) is 0 Å². The van der Waals surface area contributed by atoms with Crippen molar-refractivity contribution in [2.45, 2.75) is 109 Å². The normalized spacial score (nSPS) is 24.7. The van der Waals surface area contributed by atoms with Gasteiger partial charge in [0.1, 0.15) is 24.0 Å². The molecule has 3 rings (SSSR count). The molecule has 0 bridgehead atoms. The predicted molar refractivity (Wildman–Crippen MR) is 150 cm³/mol. The van der Waals surface area contributed by atoms with Gasteiger partial charge >= 0.3 is 0 Å². The molecule has 2 aliphatic rings. The van der Waals surface area contributed by atoms with Crippen molar-refractivity contribution in [2.75, 3.05) is 39.3 Å². The van der Waals surface area contributed by atoms with Gasteiger partial charge in [-0.2, -0.15) is 8.42 Å². The topological polar surface area (TPSA) is 122 Å². The lowest BCUT2D eigenvalue weighted by Crippen LogP contribution is -2.39. The fraction of sp³-hybridized carbons (Fsp3) is 0.852. The van der Waals surface area contributed by atoms with E-state index in [0.29, 0.717) is 37.9 Å². The van der Waals surface area contributed by atoms with E-state index in [2.05, 4.69) is 36.1 Å². The molecule has 12 heteroatoms. The quantitative estimate of drug-likeness (QED) is 0.179. The van der Waals surface area contributed by atoms with Crippen LogP contribution in [0, 0.1) is 0 Å². The maximum absolute atomic E-state index is 11.6. The largest absolute Gasteiger partial charge is 0.379 e. The van der Waals surface area contributed by atoms with Crippen molar-refractivity contribution in [1.29, 1.82) is 0 Å². The van der Waals surface area contributed by atoms with Crippen molar-refractivity contribution in [2.24, 2.45) is 4.99 Å². The average Bonchev–Trinajstić information content (AvgIpc) is 3.49. The minimum absolute atomic E-state index is 0.0886. The molecule has 1 unspecified atom stereocenters. The van der Waals surface area contributed by atoms with Crippen molar-refractivity contribution in [3.05, 3.63) is 12.0 Å². The minimum atomic E-state index is -3.60. The number of aliphatic imine (C=N–C) groups is 1. The van der Waals surface area contributed by atoms with Crippen LogP contribution in [0.3, 0.4) is 0 Å². The molecule has 5 atom stereocenters. The highest BCUT2D eigenvalue weighted by molar-refractivity contribution is 7.85. The fourth-order valence-corrected chi connectivity index (χ4v) is 5.14. The van der Waals surface area contributed by atoms with E-state index in [4.69, 9.17) is 23.1 Å². The first-order valence-electron chi connectivity index (χ1n) is 14.6. The van der Waals surface area contributed by atoms with Gasteiger partial charge in [-0.3, -0.25) is 8.75 Å². The molecule has 0 aromatic carbocycles. The van der Waals surface area contributed by atoms with Gasteiger partial charge in [-0.05, 0) is 19.3 Å². The molecule has 1 fully saturated rings. The Morgan fingerprint density at radius 2 is 1.56 bits per heavy atom. The molecule has 1 aromatic rings. The van der Waals surface area contributed by atoms with Crippen LogP contribution < -0.4 is 5.32 Å². The van der Waals surface area contributed by atoms with Crippen molar-refractivity contribution < 1.29 is 31.5 Å². The summed E-state index contributed by atoms with van der Waals surface area (Å²) in [4.78, 5) is 9.08. The molecule has 1 saturated heterocycles. The van der Waals surface area contributed by atoms with E-state index >= 15 is 0 Å². The number of hydrogen-bond donors (Lipinski definition) is 1. The zero-order valence-corrected chi connectivity index (χ0v) is 24.9. The minimum Gasteiger partial charge on any atom is -0.379 e. The van der Waals surface area contributed by atoms with Gasteiger partial charge < -0.3 is 24.3 Å². The number of hydrogen-bond acceptors (Lipinski definition) is 10. The van der Waals surface area contributed by atoms with Crippen LogP contribution >= 0.6 is 0 Å². The maximum Gasteiger partial charge on any atom is 0.264 e. The van der Waals surface area contributed by atoms with Crippen LogP contribution in [-0.4, -0.2) is 81.9 Å². The highest BCUT2D eigenvalue weighted by atomic mass is 32.2. The van der Waals surface area contributed by atoms with Gasteiger partial charge in [-0.15, -0.1) is 0 Å². The molecule has 0 aliphatic carbocycles. The number of nitrogens with one attached hydrogen (secondary N) is 1. The summed E-state index contributed by atoms with van der Waals surface area (Å²) in [5, 5.41) is 3.04. The molecule has 11 nitrogen and oxygen atoms in total. The third-order valence-electron chi connectivity index (χ3n) is 6.89. The van der Waals surface area contributed by atoms with Gasteiger partial charge in [0.2, 0.25) is 0 Å². The Labute approximate surface area is 234 Å². The third kappa shape index (κ3) is 9.79. The summed E-state index contributed by atoms with van der Waals surface area (Å²) in [6.07, 6.45) is 12.4. The van der Waals surface area contributed by atoms with Crippen molar-refractivity contribution in [3.63, 3.8) is 0 Å².